The number of carboxylic acid groups (broad SMARTS) is 1. The van der Waals surface area contributed by atoms with Crippen LogP contribution >= 0.6 is 11.6 Å². The Bertz CT molecular complexity index is 1590. The summed E-state index contributed by atoms with van der Waals surface area (Å²) in [5, 5.41) is 17.2. The predicted molar refractivity (Wildman–Crippen MR) is 165 cm³/mol. The van der Waals surface area contributed by atoms with Gasteiger partial charge in [0.25, 0.3) is 5.91 Å². The van der Waals surface area contributed by atoms with Crippen molar-refractivity contribution in [3.05, 3.63) is 100 Å². The van der Waals surface area contributed by atoms with Crippen molar-refractivity contribution in [2.75, 3.05) is 37.4 Å². The SMILES string of the molecule is COC/C=C/c1ccc(CC(NC(=O)c2ccc(NC(=O)O)cc2)C(=O)N2CC[C@@]3(C2)OC(=O)Nc2ccc(Cl)cc23)cc1. The first-order valence-corrected chi connectivity index (χ1v) is 14.3. The first kappa shape index (κ1) is 30.6. The van der Waals surface area contributed by atoms with E-state index < -0.39 is 29.7 Å². The van der Waals surface area contributed by atoms with Crippen molar-refractivity contribution < 1.29 is 33.8 Å². The first-order valence-electron chi connectivity index (χ1n) is 13.9. The van der Waals surface area contributed by atoms with Gasteiger partial charge >= 0.3 is 12.2 Å². The minimum atomic E-state index is -1.22. The molecule has 0 aromatic heterocycles. The summed E-state index contributed by atoms with van der Waals surface area (Å²) in [6.45, 7) is 0.873. The minimum Gasteiger partial charge on any atom is -0.465 e. The molecule has 2 atom stereocenters. The molecule has 1 unspecified atom stereocenters. The zero-order valence-corrected chi connectivity index (χ0v) is 24.6. The molecular weight excluding hydrogens is 588 g/mol. The standard InChI is InChI=1S/C32H31ClN4O7/c1-43-16-2-3-20-4-6-21(7-5-20)17-27(35-28(38)22-8-11-24(12-9-22)34-30(40)41)29(39)37-15-14-32(19-37)25-18-23(33)10-13-26(25)36-31(42)44-32/h2-13,18,27,34H,14-17,19H2,1H3,(H,35,38)(H,36,42)(H,40,41)/b3-2+/t27?,32-/m0/s1. The summed E-state index contributed by atoms with van der Waals surface area (Å²) in [4.78, 5) is 52.3. The number of nitrogens with zero attached hydrogens (tertiary/aromatic N) is 1. The molecule has 3 aromatic rings. The summed E-state index contributed by atoms with van der Waals surface area (Å²) in [6.07, 6.45) is 2.55. The normalized spacial score (nSPS) is 18.0. The third-order valence-corrected chi connectivity index (χ3v) is 7.77. The Morgan fingerprint density at radius 2 is 1.89 bits per heavy atom. The molecule has 2 aliphatic rings. The van der Waals surface area contributed by atoms with Gasteiger partial charge in [-0.25, -0.2) is 9.59 Å². The van der Waals surface area contributed by atoms with Crippen LogP contribution in [0.4, 0.5) is 21.0 Å². The Morgan fingerprint density at radius 1 is 1.14 bits per heavy atom. The van der Waals surface area contributed by atoms with Crippen LogP contribution < -0.4 is 16.0 Å². The Kier molecular flexibility index (Phi) is 9.17. The zero-order valence-electron chi connectivity index (χ0n) is 23.8. The number of anilines is 2. The summed E-state index contributed by atoms with van der Waals surface area (Å²) >= 11 is 6.27. The number of methoxy groups -OCH3 is 1. The zero-order chi connectivity index (χ0) is 31.3. The third kappa shape index (κ3) is 7.01. The van der Waals surface area contributed by atoms with Crippen LogP contribution in [-0.4, -0.2) is 66.9 Å². The van der Waals surface area contributed by atoms with Crippen LogP contribution in [0.2, 0.25) is 5.02 Å². The van der Waals surface area contributed by atoms with Crippen molar-refractivity contribution in [2.45, 2.75) is 24.5 Å². The van der Waals surface area contributed by atoms with Gasteiger partial charge in [-0.05, 0) is 53.6 Å². The monoisotopic (exact) mass is 618 g/mol. The maximum absolute atomic E-state index is 14.0. The Balaban J connectivity index is 1.38. The molecule has 11 nitrogen and oxygen atoms in total. The Labute approximate surface area is 258 Å². The van der Waals surface area contributed by atoms with Crippen LogP contribution in [-0.2, 0) is 26.3 Å². The molecule has 1 saturated heterocycles. The Hall–Kier alpha value is -4.87. The molecular formula is C32H31ClN4O7. The van der Waals surface area contributed by atoms with Crippen molar-refractivity contribution in [3.8, 4) is 0 Å². The highest BCUT2D eigenvalue weighted by Crippen LogP contribution is 2.44. The molecule has 12 heteroatoms. The van der Waals surface area contributed by atoms with E-state index >= 15 is 0 Å². The molecule has 4 amide bonds. The number of ether oxygens (including phenoxy) is 2. The number of nitrogens with one attached hydrogen (secondary N) is 3. The van der Waals surface area contributed by atoms with Crippen molar-refractivity contribution >= 4 is 53.1 Å². The smallest absolute Gasteiger partial charge is 0.412 e. The van der Waals surface area contributed by atoms with Gasteiger partial charge in [0.05, 0.1) is 18.8 Å². The van der Waals surface area contributed by atoms with Gasteiger partial charge in [0.15, 0.2) is 5.60 Å². The fourth-order valence-electron chi connectivity index (χ4n) is 5.41. The number of rotatable bonds is 9. The second kappa shape index (κ2) is 13.2. The van der Waals surface area contributed by atoms with Crippen LogP contribution in [0.3, 0.4) is 0 Å². The fourth-order valence-corrected chi connectivity index (χ4v) is 5.59. The van der Waals surface area contributed by atoms with Crippen LogP contribution in [0.15, 0.2) is 72.8 Å². The largest absolute Gasteiger partial charge is 0.465 e. The van der Waals surface area contributed by atoms with Crippen LogP contribution in [0.1, 0.15) is 33.5 Å². The van der Waals surface area contributed by atoms with E-state index in [9.17, 15) is 19.2 Å². The number of hydrogen-bond acceptors (Lipinski definition) is 6. The van der Waals surface area contributed by atoms with Gasteiger partial charge in [-0.1, -0.05) is 48.0 Å². The van der Waals surface area contributed by atoms with Crippen LogP contribution in [0, 0.1) is 0 Å². The summed E-state index contributed by atoms with van der Waals surface area (Å²) in [5.74, 6) is -0.828. The van der Waals surface area contributed by atoms with E-state index in [4.69, 9.17) is 26.2 Å². The van der Waals surface area contributed by atoms with Crippen molar-refractivity contribution in [1.82, 2.24) is 10.2 Å². The van der Waals surface area contributed by atoms with Gasteiger partial charge in [-0.3, -0.25) is 20.2 Å². The van der Waals surface area contributed by atoms with Gasteiger partial charge in [0, 0.05) is 48.3 Å². The van der Waals surface area contributed by atoms with Gasteiger partial charge < -0.3 is 24.8 Å². The number of hydrogen-bond donors (Lipinski definition) is 4. The number of likely N-dealkylation sites (tertiary alicyclic amines) is 1. The van der Waals surface area contributed by atoms with E-state index in [1.807, 2.05) is 36.4 Å². The maximum atomic E-state index is 14.0. The van der Waals surface area contributed by atoms with E-state index in [-0.39, 0.29) is 24.4 Å². The van der Waals surface area contributed by atoms with E-state index in [0.29, 0.717) is 41.5 Å². The summed E-state index contributed by atoms with van der Waals surface area (Å²) in [6, 6.07) is 17.7. The molecule has 0 aliphatic carbocycles. The number of carbonyl (C=O) groups excluding carboxylic acids is 3. The molecule has 0 saturated carbocycles. The second-order valence-corrected chi connectivity index (χ2v) is 11.0. The molecule has 228 valence electrons. The summed E-state index contributed by atoms with van der Waals surface area (Å²) < 4.78 is 10.8. The van der Waals surface area contributed by atoms with E-state index in [0.717, 1.165) is 11.1 Å². The molecule has 5 rings (SSSR count). The molecule has 44 heavy (non-hydrogen) atoms. The maximum Gasteiger partial charge on any atom is 0.412 e. The lowest BCUT2D eigenvalue weighted by Crippen LogP contribution is -2.50. The lowest BCUT2D eigenvalue weighted by molar-refractivity contribution is -0.133. The van der Waals surface area contributed by atoms with Crippen molar-refractivity contribution in [2.24, 2.45) is 0 Å². The minimum absolute atomic E-state index is 0.0950. The second-order valence-electron chi connectivity index (χ2n) is 10.5. The topological polar surface area (TPSA) is 146 Å². The molecule has 2 heterocycles. The van der Waals surface area contributed by atoms with E-state index in [1.54, 1.807) is 30.2 Å². The quantitative estimate of drug-likeness (QED) is 0.260. The van der Waals surface area contributed by atoms with Gasteiger partial charge in [-0.2, -0.15) is 0 Å². The number of fused-ring (bicyclic) bond motifs is 2. The molecule has 4 N–H and O–H groups in total. The number of carbonyl (C=O) groups is 4. The molecule has 0 radical (unpaired) electrons. The van der Waals surface area contributed by atoms with E-state index in [1.165, 1.54) is 24.3 Å². The molecule has 3 aromatic carbocycles. The van der Waals surface area contributed by atoms with Gasteiger partial charge in [0.2, 0.25) is 5.91 Å². The third-order valence-electron chi connectivity index (χ3n) is 7.54. The highest BCUT2D eigenvalue weighted by atomic mass is 35.5. The fraction of sp³-hybridized carbons (Fsp3) is 0.250. The number of halogens is 1. The number of amides is 4. The highest BCUT2D eigenvalue weighted by molar-refractivity contribution is 6.30. The number of benzene rings is 3. The lowest BCUT2D eigenvalue weighted by atomic mass is 9.90. The molecule has 0 bridgehead atoms. The summed E-state index contributed by atoms with van der Waals surface area (Å²) in [7, 11) is 1.62. The molecule has 2 aliphatic heterocycles. The average molecular weight is 619 g/mol. The summed E-state index contributed by atoms with van der Waals surface area (Å²) in [5.41, 5.74) is 2.53. The lowest BCUT2D eigenvalue weighted by Gasteiger charge is -2.35. The van der Waals surface area contributed by atoms with Crippen molar-refractivity contribution in [3.63, 3.8) is 0 Å². The van der Waals surface area contributed by atoms with Crippen LogP contribution in [0.25, 0.3) is 6.08 Å². The van der Waals surface area contributed by atoms with Crippen LogP contribution in [0.5, 0.6) is 0 Å². The average Bonchev–Trinajstić information content (AvgIpc) is 3.42. The Morgan fingerprint density at radius 3 is 2.59 bits per heavy atom. The molecule has 1 fully saturated rings. The highest BCUT2D eigenvalue weighted by Gasteiger charge is 2.49. The first-order chi connectivity index (χ1) is 21.2. The molecule has 1 spiro atoms. The van der Waals surface area contributed by atoms with Gasteiger partial charge in [0.1, 0.15) is 6.04 Å². The van der Waals surface area contributed by atoms with Crippen molar-refractivity contribution in [1.29, 1.82) is 0 Å². The van der Waals surface area contributed by atoms with Gasteiger partial charge in [-0.15, -0.1) is 0 Å². The van der Waals surface area contributed by atoms with E-state index in [2.05, 4.69) is 16.0 Å². The predicted octanol–water partition coefficient (Wildman–Crippen LogP) is 5.12.